The monoisotopic (exact) mass is 209 g/mol. The molecule has 0 spiro atoms. The van der Waals surface area contributed by atoms with Gasteiger partial charge >= 0.3 is 7.60 Å². The summed E-state index contributed by atoms with van der Waals surface area (Å²) in [6, 6.07) is 0. The summed E-state index contributed by atoms with van der Waals surface area (Å²) in [5, 5.41) is 0. The molecule has 0 fully saturated rings. The van der Waals surface area contributed by atoms with Crippen LogP contribution in [-0.4, -0.2) is 15.6 Å². The summed E-state index contributed by atoms with van der Waals surface area (Å²) in [6.07, 6.45) is 3.29. The Labute approximate surface area is 79.7 Å². The van der Waals surface area contributed by atoms with Crippen LogP contribution in [-0.2, 0) is 4.57 Å². The van der Waals surface area contributed by atoms with Gasteiger partial charge in [-0.2, -0.15) is 0 Å². The molecule has 1 atom stereocenters. The largest absolute Gasteiger partial charge is 0.342 e. The van der Waals surface area contributed by atoms with Gasteiger partial charge in [0.25, 0.3) is 0 Å². The minimum atomic E-state index is -4.04. The molecular weight excluding hydrogens is 189 g/mol. The molecule has 4 N–H and O–H groups in total. The van der Waals surface area contributed by atoms with Gasteiger partial charge < -0.3 is 15.5 Å². The Hall–Kier alpha value is 0.110. The van der Waals surface area contributed by atoms with Crippen LogP contribution >= 0.6 is 7.60 Å². The van der Waals surface area contributed by atoms with E-state index in [9.17, 15) is 4.57 Å². The highest BCUT2D eigenvalue weighted by Gasteiger charge is 2.23. The predicted octanol–water partition coefficient (Wildman–Crippen LogP) is 1.67. The van der Waals surface area contributed by atoms with Crippen molar-refractivity contribution < 1.29 is 14.4 Å². The molecule has 0 aliphatic rings. The van der Waals surface area contributed by atoms with Crippen molar-refractivity contribution in [1.29, 1.82) is 0 Å². The van der Waals surface area contributed by atoms with Gasteiger partial charge in [0.1, 0.15) is 5.78 Å². The average Bonchev–Trinajstić information content (AvgIpc) is 1.95. The summed E-state index contributed by atoms with van der Waals surface area (Å²) in [6.45, 7) is 4.26. The third-order valence-electron chi connectivity index (χ3n) is 1.96. The standard InChI is InChI=1S/C8H20NO3P/c1-7(2)5-3-4-6-8(9)13(10,11)12/h7-8H,3-6,9H2,1-2H3,(H2,10,11,12). The lowest BCUT2D eigenvalue weighted by molar-refractivity contribution is 0.352. The minimum absolute atomic E-state index is 0.414. The van der Waals surface area contributed by atoms with Crippen molar-refractivity contribution in [2.45, 2.75) is 45.3 Å². The third kappa shape index (κ3) is 7.20. The molecule has 80 valence electrons. The molecule has 0 radical (unpaired) electrons. The molecule has 1 unspecified atom stereocenters. The van der Waals surface area contributed by atoms with E-state index in [1.54, 1.807) is 0 Å². The number of hydrogen-bond acceptors (Lipinski definition) is 2. The summed E-state index contributed by atoms with van der Waals surface area (Å²) in [4.78, 5) is 17.4. The first-order chi connectivity index (χ1) is 5.84. The van der Waals surface area contributed by atoms with Crippen LogP contribution in [0.4, 0.5) is 0 Å². The highest BCUT2D eigenvalue weighted by Crippen LogP contribution is 2.40. The molecule has 13 heavy (non-hydrogen) atoms. The van der Waals surface area contributed by atoms with E-state index in [1.165, 1.54) is 0 Å². The lowest BCUT2D eigenvalue weighted by Gasteiger charge is -2.13. The van der Waals surface area contributed by atoms with E-state index in [1.807, 2.05) is 0 Å². The first kappa shape index (κ1) is 13.1. The number of nitrogens with two attached hydrogens (primary N) is 1. The Morgan fingerprint density at radius 1 is 1.23 bits per heavy atom. The van der Waals surface area contributed by atoms with Crippen molar-refractivity contribution in [3.63, 3.8) is 0 Å². The fraction of sp³-hybridized carbons (Fsp3) is 1.00. The molecule has 0 rings (SSSR count). The number of unbranched alkanes of at least 4 members (excludes halogenated alkanes) is 1. The van der Waals surface area contributed by atoms with Crippen molar-refractivity contribution in [3.05, 3.63) is 0 Å². The summed E-state index contributed by atoms with van der Waals surface area (Å²) in [7, 11) is -4.04. The highest BCUT2D eigenvalue weighted by atomic mass is 31.2. The molecule has 5 heteroatoms. The van der Waals surface area contributed by atoms with Gasteiger partial charge in [-0.3, -0.25) is 4.57 Å². The molecular formula is C8H20NO3P. The Kier molecular flexibility index (Phi) is 5.81. The minimum Gasteiger partial charge on any atom is -0.323 e. The Morgan fingerprint density at radius 3 is 2.08 bits per heavy atom. The summed E-state index contributed by atoms with van der Waals surface area (Å²) >= 11 is 0. The Bertz CT molecular complexity index is 178. The van der Waals surface area contributed by atoms with Crippen molar-refractivity contribution in [3.8, 4) is 0 Å². The zero-order valence-corrected chi connectivity index (χ0v) is 9.20. The number of hydrogen-bond donors (Lipinski definition) is 3. The zero-order valence-electron chi connectivity index (χ0n) is 8.31. The Balaban J connectivity index is 3.49. The van der Waals surface area contributed by atoms with Gasteiger partial charge in [-0.1, -0.05) is 33.1 Å². The fourth-order valence-corrected chi connectivity index (χ4v) is 1.59. The molecule has 0 heterocycles. The van der Waals surface area contributed by atoms with E-state index in [4.69, 9.17) is 15.5 Å². The van der Waals surface area contributed by atoms with Crippen LogP contribution in [0.5, 0.6) is 0 Å². The van der Waals surface area contributed by atoms with Crippen molar-refractivity contribution in [2.75, 3.05) is 0 Å². The van der Waals surface area contributed by atoms with Crippen LogP contribution in [0.1, 0.15) is 39.5 Å². The maximum Gasteiger partial charge on any atom is 0.342 e. The molecule has 0 amide bonds. The smallest absolute Gasteiger partial charge is 0.323 e. The van der Waals surface area contributed by atoms with Gasteiger partial charge in [-0.05, 0) is 12.3 Å². The van der Waals surface area contributed by atoms with Crippen molar-refractivity contribution in [1.82, 2.24) is 0 Å². The van der Waals surface area contributed by atoms with E-state index in [0.29, 0.717) is 12.3 Å². The van der Waals surface area contributed by atoms with E-state index in [2.05, 4.69) is 13.8 Å². The van der Waals surface area contributed by atoms with E-state index in [-0.39, 0.29) is 0 Å². The van der Waals surface area contributed by atoms with E-state index >= 15 is 0 Å². The van der Waals surface area contributed by atoms with Crippen LogP contribution in [0.3, 0.4) is 0 Å². The second kappa shape index (κ2) is 5.76. The maximum atomic E-state index is 10.6. The van der Waals surface area contributed by atoms with Gasteiger partial charge in [0.15, 0.2) is 0 Å². The normalized spacial score (nSPS) is 14.9. The van der Waals surface area contributed by atoms with Crippen LogP contribution in [0, 0.1) is 5.92 Å². The van der Waals surface area contributed by atoms with Gasteiger partial charge in [0, 0.05) is 0 Å². The second-order valence-electron chi connectivity index (χ2n) is 3.83. The lowest BCUT2D eigenvalue weighted by Crippen LogP contribution is -2.19. The SMILES string of the molecule is CC(C)CCCCC(N)P(=O)(O)O. The van der Waals surface area contributed by atoms with Crippen molar-refractivity contribution in [2.24, 2.45) is 11.7 Å². The average molecular weight is 209 g/mol. The molecule has 0 aromatic carbocycles. The van der Waals surface area contributed by atoms with Crippen LogP contribution in [0.2, 0.25) is 0 Å². The van der Waals surface area contributed by atoms with Gasteiger partial charge in [0.2, 0.25) is 0 Å². The highest BCUT2D eigenvalue weighted by molar-refractivity contribution is 7.52. The molecule has 0 saturated carbocycles. The van der Waals surface area contributed by atoms with Crippen LogP contribution in [0.25, 0.3) is 0 Å². The third-order valence-corrected chi connectivity index (χ3v) is 3.09. The molecule has 4 nitrogen and oxygen atoms in total. The topological polar surface area (TPSA) is 83.6 Å². The molecule has 0 aliphatic heterocycles. The number of rotatable bonds is 6. The first-order valence-electron chi connectivity index (χ1n) is 4.65. The quantitative estimate of drug-likeness (QED) is 0.459. The lowest BCUT2D eigenvalue weighted by atomic mass is 10.1. The van der Waals surface area contributed by atoms with E-state index in [0.717, 1.165) is 19.3 Å². The molecule has 0 aromatic heterocycles. The zero-order chi connectivity index (χ0) is 10.5. The van der Waals surface area contributed by atoms with E-state index < -0.39 is 13.4 Å². The van der Waals surface area contributed by atoms with Gasteiger partial charge in [0.05, 0.1) is 0 Å². The second-order valence-corrected chi connectivity index (χ2v) is 5.68. The fourth-order valence-electron chi connectivity index (χ4n) is 1.07. The molecule has 0 saturated heterocycles. The van der Waals surface area contributed by atoms with Gasteiger partial charge in [-0.25, -0.2) is 0 Å². The van der Waals surface area contributed by atoms with Crippen LogP contribution < -0.4 is 5.73 Å². The molecule has 0 bridgehead atoms. The summed E-state index contributed by atoms with van der Waals surface area (Å²) in [5.41, 5.74) is 5.30. The molecule has 0 aliphatic carbocycles. The van der Waals surface area contributed by atoms with Crippen molar-refractivity contribution >= 4 is 7.60 Å². The first-order valence-corrected chi connectivity index (χ1v) is 6.33. The summed E-state index contributed by atoms with van der Waals surface area (Å²) < 4.78 is 10.6. The predicted molar refractivity (Wildman–Crippen MR) is 53.3 cm³/mol. The van der Waals surface area contributed by atoms with Gasteiger partial charge in [-0.15, -0.1) is 0 Å². The summed E-state index contributed by atoms with van der Waals surface area (Å²) in [5.74, 6) is -0.328. The van der Waals surface area contributed by atoms with Crippen LogP contribution in [0.15, 0.2) is 0 Å². The Morgan fingerprint density at radius 2 is 1.69 bits per heavy atom. The maximum absolute atomic E-state index is 10.6. The molecule has 0 aromatic rings.